The van der Waals surface area contributed by atoms with Gasteiger partial charge in [-0.05, 0) is 24.3 Å². The Bertz CT molecular complexity index is 1030. The quantitative estimate of drug-likeness (QED) is 0.344. The molecular weight excluding hydrogens is 380 g/mol. The number of benzene rings is 2. The fourth-order valence-corrected chi connectivity index (χ4v) is 3.22. The number of rotatable bonds is 8. The number of hydrogen-bond acceptors (Lipinski definition) is 7. The van der Waals surface area contributed by atoms with Gasteiger partial charge in [0.1, 0.15) is 12.4 Å². The number of amides is 1. The van der Waals surface area contributed by atoms with Crippen molar-refractivity contribution in [2.45, 2.75) is 5.16 Å². The zero-order valence-corrected chi connectivity index (χ0v) is 15.8. The van der Waals surface area contributed by atoms with Crippen LogP contribution in [-0.2, 0) is 16.6 Å². The molecule has 144 valence electrons. The second-order valence-electron chi connectivity index (χ2n) is 5.72. The molecule has 1 N–H and O–H groups in total. The van der Waals surface area contributed by atoms with Crippen molar-refractivity contribution in [2.75, 3.05) is 12.4 Å². The average Bonchev–Trinajstić information content (AvgIpc) is 3.01. The Morgan fingerprint density at radius 2 is 2.00 bits per heavy atom. The van der Waals surface area contributed by atoms with Gasteiger partial charge in [-0.1, -0.05) is 36.0 Å². The van der Waals surface area contributed by atoms with Gasteiger partial charge in [0.25, 0.3) is 5.91 Å². The molecule has 0 unspecified atom stereocenters. The Labute approximate surface area is 165 Å². The molecule has 1 heterocycles. The molecule has 0 aliphatic rings. The second-order valence-corrected chi connectivity index (χ2v) is 6.66. The zero-order valence-electron chi connectivity index (χ0n) is 15.0. The first kappa shape index (κ1) is 19.4. The standard InChI is InChI=1S/C19H18N4O4S/c1-23-15-8-4-3-7-14(15)21-19(23)28-12-17(24)22-20-10-13-6-2-5-9-16(13)27-11-18(25)26/h2-10H,11-12H2,1H3,(H,22,24)(H,25,26)/p-1. The fraction of sp³-hybridized carbons (Fsp3) is 0.158. The predicted molar refractivity (Wildman–Crippen MR) is 104 cm³/mol. The first-order chi connectivity index (χ1) is 13.5. The molecule has 8 nitrogen and oxygen atoms in total. The normalized spacial score (nSPS) is 11.0. The van der Waals surface area contributed by atoms with Gasteiger partial charge in [-0.25, -0.2) is 10.4 Å². The van der Waals surface area contributed by atoms with E-state index in [1.165, 1.54) is 18.0 Å². The summed E-state index contributed by atoms with van der Waals surface area (Å²) in [6, 6.07) is 14.5. The number of hydrogen-bond donors (Lipinski definition) is 1. The van der Waals surface area contributed by atoms with Crippen LogP contribution in [0.25, 0.3) is 11.0 Å². The first-order valence-electron chi connectivity index (χ1n) is 8.32. The minimum Gasteiger partial charge on any atom is -0.546 e. The molecule has 0 saturated heterocycles. The maximum atomic E-state index is 12.0. The molecule has 2 aromatic carbocycles. The molecule has 3 rings (SSSR count). The highest BCUT2D eigenvalue weighted by atomic mass is 32.2. The van der Waals surface area contributed by atoms with Crippen LogP contribution in [0.1, 0.15) is 5.56 Å². The van der Waals surface area contributed by atoms with E-state index in [4.69, 9.17) is 4.74 Å². The number of nitrogens with zero attached hydrogens (tertiary/aromatic N) is 3. The first-order valence-corrected chi connectivity index (χ1v) is 9.31. The number of carbonyl (C=O) groups excluding carboxylic acids is 2. The highest BCUT2D eigenvalue weighted by Crippen LogP contribution is 2.22. The second kappa shape index (κ2) is 9.05. The number of thioether (sulfide) groups is 1. The molecule has 3 aromatic rings. The fourth-order valence-electron chi connectivity index (χ4n) is 2.44. The van der Waals surface area contributed by atoms with Gasteiger partial charge in [-0.3, -0.25) is 4.79 Å². The molecule has 1 amide bonds. The Morgan fingerprint density at radius 3 is 2.79 bits per heavy atom. The molecule has 0 fully saturated rings. The number of carboxylic acid groups (broad SMARTS) is 1. The van der Waals surface area contributed by atoms with Gasteiger partial charge in [-0.2, -0.15) is 5.10 Å². The molecule has 28 heavy (non-hydrogen) atoms. The molecule has 1 aromatic heterocycles. The van der Waals surface area contributed by atoms with Crippen molar-refractivity contribution in [1.29, 1.82) is 0 Å². The summed E-state index contributed by atoms with van der Waals surface area (Å²) in [5.41, 5.74) is 4.84. The van der Waals surface area contributed by atoms with Gasteiger partial charge in [0.15, 0.2) is 5.16 Å². The number of carbonyl (C=O) groups is 2. The third-order valence-electron chi connectivity index (χ3n) is 3.74. The molecule has 0 aliphatic heterocycles. The van der Waals surface area contributed by atoms with Crippen molar-refractivity contribution in [3.8, 4) is 5.75 Å². The Balaban J connectivity index is 1.55. The van der Waals surface area contributed by atoms with E-state index in [2.05, 4.69) is 15.5 Å². The van der Waals surface area contributed by atoms with Gasteiger partial charge in [0, 0.05) is 12.6 Å². The summed E-state index contributed by atoms with van der Waals surface area (Å²) in [6.07, 6.45) is 1.39. The van der Waals surface area contributed by atoms with Gasteiger partial charge < -0.3 is 19.2 Å². The monoisotopic (exact) mass is 397 g/mol. The number of nitrogens with one attached hydrogen (secondary N) is 1. The van der Waals surface area contributed by atoms with Crippen molar-refractivity contribution in [3.05, 3.63) is 54.1 Å². The Kier molecular flexibility index (Phi) is 6.28. The maximum absolute atomic E-state index is 12.0. The third kappa shape index (κ3) is 4.89. The van der Waals surface area contributed by atoms with Crippen molar-refractivity contribution in [2.24, 2.45) is 12.1 Å². The number of ether oxygens (including phenoxy) is 1. The van der Waals surface area contributed by atoms with E-state index >= 15 is 0 Å². The molecule has 0 spiro atoms. The maximum Gasteiger partial charge on any atom is 0.250 e. The average molecular weight is 397 g/mol. The highest BCUT2D eigenvalue weighted by molar-refractivity contribution is 7.99. The van der Waals surface area contributed by atoms with Crippen LogP contribution < -0.4 is 15.3 Å². The number of aromatic nitrogens is 2. The summed E-state index contributed by atoms with van der Waals surface area (Å²) in [5, 5.41) is 15.2. The van der Waals surface area contributed by atoms with E-state index in [1.807, 2.05) is 35.9 Å². The van der Waals surface area contributed by atoms with Crippen LogP contribution in [0.15, 0.2) is 58.8 Å². The predicted octanol–water partition coefficient (Wildman–Crippen LogP) is 0.944. The number of imidazole rings is 1. The number of aryl methyl sites for hydroxylation is 1. The molecule has 0 atom stereocenters. The van der Waals surface area contributed by atoms with E-state index in [9.17, 15) is 14.7 Å². The summed E-state index contributed by atoms with van der Waals surface area (Å²) in [7, 11) is 1.90. The summed E-state index contributed by atoms with van der Waals surface area (Å²) < 4.78 is 7.05. The topological polar surface area (TPSA) is 109 Å². The third-order valence-corrected chi connectivity index (χ3v) is 4.77. The summed E-state index contributed by atoms with van der Waals surface area (Å²) >= 11 is 1.31. The number of carboxylic acids is 1. The van der Waals surface area contributed by atoms with Crippen LogP contribution in [0, 0.1) is 0 Å². The van der Waals surface area contributed by atoms with Crippen LogP contribution in [0.5, 0.6) is 5.75 Å². The van der Waals surface area contributed by atoms with Gasteiger partial charge >= 0.3 is 0 Å². The van der Waals surface area contributed by atoms with Crippen LogP contribution in [-0.4, -0.2) is 40.0 Å². The van der Waals surface area contributed by atoms with E-state index in [1.54, 1.807) is 24.3 Å². The number of fused-ring (bicyclic) bond motifs is 1. The molecule has 0 radical (unpaired) electrons. The lowest BCUT2D eigenvalue weighted by Crippen LogP contribution is -2.29. The minimum atomic E-state index is -1.32. The van der Waals surface area contributed by atoms with Crippen LogP contribution in [0.3, 0.4) is 0 Å². The summed E-state index contributed by atoms with van der Waals surface area (Å²) in [5.74, 6) is -1.13. The van der Waals surface area contributed by atoms with Crippen LogP contribution >= 0.6 is 11.8 Å². The molecule has 0 bridgehead atoms. The van der Waals surface area contributed by atoms with Crippen LogP contribution in [0.2, 0.25) is 0 Å². The van der Waals surface area contributed by atoms with Crippen molar-refractivity contribution in [3.63, 3.8) is 0 Å². The van der Waals surface area contributed by atoms with E-state index in [0.29, 0.717) is 11.3 Å². The minimum absolute atomic E-state index is 0.150. The number of para-hydroxylation sites is 3. The highest BCUT2D eigenvalue weighted by Gasteiger charge is 2.10. The molecular formula is C19H17N4O4S-. The lowest BCUT2D eigenvalue weighted by atomic mass is 10.2. The van der Waals surface area contributed by atoms with Crippen molar-refractivity contribution in [1.82, 2.24) is 15.0 Å². The van der Waals surface area contributed by atoms with E-state index in [-0.39, 0.29) is 11.7 Å². The van der Waals surface area contributed by atoms with Crippen molar-refractivity contribution < 1.29 is 19.4 Å². The summed E-state index contributed by atoms with van der Waals surface area (Å²) in [4.78, 5) is 27.1. The van der Waals surface area contributed by atoms with E-state index < -0.39 is 12.6 Å². The Morgan fingerprint density at radius 1 is 1.25 bits per heavy atom. The van der Waals surface area contributed by atoms with Crippen LogP contribution in [0.4, 0.5) is 0 Å². The lowest BCUT2D eigenvalue weighted by Gasteiger charge is -2.09. The number of aliphatic carboxylic acids is 1. The smallest absolute Gasteiger partial charge is 0.250 e. The van der Waals surface area contributed by atoms with Gasteiger partial charge in [0.05, 0.1) is 29.0 Å². The van der Waals surface area contributed by atoms with Gasteiger partial charge in [0.2, 0.25) is 0 Å². The lowest BCUT2D eigenvalue weighted by molar-refractivity contribution is -0.307. The largest absolute Gasteiger partial charge is 0.546 e. The summed E-state index contributed by atoms with van der Waals surface area (Å²) in [6.45, 7) is -0.564. The SMILES string of the molecule is Cn1c(SCC(=O)NN=Cc2ccccc2OCC(=O)[O-])nc2ccccc21. The Hall–Kier alpha value is -3.33. The van der Waals surface area contributed by atoms with Gasteiger partial charge in [-0.15, -0.1) is 0 Å². The van der Waals surface area contributed by atoms with Crippen molar-refractivity contribution >= 4 is 40.9 Å². The van der Waals surface area contributed by atoms with E-state index in [0.717, 1.165) is 16.2 Å². The molecule has 0 aliphatic carbocycles. The zero-order chi connectivity index (χ0) is 19.9. The molecule has 0 saturated carbocycles. The number of hydrazone groups is 1. The molecule has 9 heteroatoms.